The summed E-state index contributed by atoms with van der Waals surface area (Å²) >= 11 is 3.41. The molecule has 19 heavy (non-hydrogen) atoms. The van der Waals surface area contributed by atoms with Gasteiger partial charge >= 0.3 is 0 Å². The molecule has 0 spiro atoms. The Morgan fingerprint density at radius 1 is 1.47 bits per heavy atom. The van der Waals surface area contributed by atoms with Crippen LogP contribution in [0.5, 0.6) is 0 Å². The van der Waals surface area contributed by atoms with E-state index in [1.165, 1.54) is 0 Å². The highest BCUT2D eigenvalue weighted by molar-refractivity contribution is 9.10. The average Bonchev–Trinajstić information content (AvgIpc) is 2.80. The predicted octanol–water partition coefficient (Wildman–Crippen LogP) is 2.09. The average molecular weight is 349 g/mol. The normalized spacial score (nSPS) is 18.9. The van der Waals surface area contributed by atoms with E-state index < -0.39 is 0 Å². The Labute approximate surface area is 128 Å². The topological polar surface area (TPSA) is 58.4 Å². The molecule has 1 aliphatic rings. The Bertz CT molecular complexity index is 430. The van der Waals surface area contributed by atoms with Crippen molar-refractivity contribution in [3.8, 4) is 0 Å². The minimum Gasteiger partial charge on any atom is -0.330 e. The maximum absolute atomic E-state index is 11.9. The molecule has 6 heteroatoms. The zero-order chi connectivity index (χ0) is 13.0. The molecule has 106 valence electrons. The summed E-state index contributed by atoms with van der Waals surface area (Å²) in [5, 5.41) is 2.91. The van der Waals surface area contributed by atoms with E-state index in [0.29, 0.717) is 19.0 Å². The minimum atomic E-state index is 0. The molecule has 0 bridgehead atoms. The maximum atomic E-state index is 11.9. The van der Waals surface area contributed by atoms with Crippen LogP contribution in [-0.4, -0.2) is 37.0 Å². The lowest BCUT2D eigenvalue weighted by Crippen LogP contribution is -2.32. The molecule has 0 saturated carbocycles. The van der Waals surface area contributed by atoms with Crippen LogP contribution in [0.1, 0.15) is 6.42 Å². The zero-order valence-electron chi connectivity index (χ0n) is 10.6. The second-order valence-corrected chi connectivity index (χ2v) is 5.51. The number of anilines is 1. The van der Waals surface area contributed by atoms with Crippen molar-refractivity contribution < 1.29 is 4.79 Å². The molecule has 0 aromatic heterocycles. The first-order valence-corrected chi connectivity index (χ1v) is 6.95. The lowest BCUT2D eigenvalue weighted by molar-refractivity contribution is -0.117. The largest absolute Gasteiger partial charge is 0.330 e. The van der Waals surface area contributed by atoms with Gasteiger partial charge in [-0.25, -0.2) is 0 Å². The molecule has 0 radical (unpaired) electrons. The Morgan fingerprint density at radius 3 is 2.84 bits per heavy atom. The predicted molar refractivity (Wildman–Crippen MR) is 83.6 cm³/mol. The van der Waals surface area contributed by atoms with Gasteiger partial charge in [0.05, 0.1) is 12.2 Å². The zero-order valence-corrected chi connectivity index (χ0v) is 13.0. The fourth-order valence-corrected chi connectivity index (χ4v) is 2.59. The van der Waals surface area contributed by atoms with Gasteiger partial charge in [-0.15, -0.1) is 12.4 Å². The van der Waals surface area contributed by atoms with E-state index in [0.717, 1.165) is 29.7 Å². The summed E-state index contributed by atoms with van der Waals surface area (Å²) in [7, 11) is 0. The highest BCUT2D eigenvalue weighted by atomic mass is 79.9. The number of nitrogens with two attached hydrogens (primary N) is 1. The molecule has 1 saturated heterocycles. The molecule has 1 aliphatic heterocycles. The van der Waals surface area contributed by atoms with Crippen LogP contribution in [-0.2, 0) is 4.79 Å². The van der Waals surface area contributed by atoms with Crippen LogP contribution in [0.25, 0.3) is 0 Å². The van der Waals surface area contributed by atoms with Crippen molar-refractivity contribution in [2.75, 3.05) is 31.5 Å². The van der Waals surface area contributed by atoms with Crippen molar-refractivity contribution >= 4 is 39.9 Å². The number of hydrogen-bond acceptors (Lipinski definition) is 3. The summed E-state index contributed by atoms with van der Waals surface area (Å²) in [5.74, 6) is 0.570. The van der Waals surface area contributed by atoms with Crippen molar-refractivity contribution in [1.29, 1.82) is 0 Å². The molecule has 1 amide bonds. The second-order valence-electron chi connectivity index (χ2n) is 4.65. The van der Waals surface area contributed by atoms with Crippen LogP contribution in [0.15, 0.2) is 28.7 Å². The summed E-state index contributed by atoms with van der Waals surface area (Å²) in [5.41, 5.74) is 6.45. The quantitative estimate of drug-likeness (QED) is 0.876. The van der Waals surface area contributed by atoms with Gasteiger partial charge in [0.25, 0.3) is 0 Å². The standard InChI is InChI=1S/C13H18BrN3O.ClH/c14-11-3-1-2-4-12(11)16-13(18)9-17-6-5-10(7-15)8-17;/h1-4,10H,5-9,15H2,(H,16,18);1H. The van der Waals surface area contributed by atoms with Gasteiger partial charge < -0.3 is 11.1 Å². The number of nitrogens with zero attached hydrogens (tertiary/aromatic N) is 1. The molecule has 4 nitrogen and oxygen atoms in total. The first-order chi connectivity index (χ1) is 8.69. The number of carbonyl (C=O) groups is 1. The van der Waals surface area contributed by atoms with Crippen LogP contribution in [0.2, 0.25) is 0 Å². The lowest BCUT2D eigenvalue weighted by Gasteiger charge is -2.15. The van der Waals surface area contributed by atoms with E-state index in [1.54, 1.807) is 0 Å². The van der Waals surface area contributed by atoms with Crippen molar-refractivity contribution in [2.45, 2.75) is 6.42 Å². The van der Waals surface area contributed by atoms with E-state index in [2.05, 4.69) is 26.1 Å². The molecule has 1 aromatic rings. The van der Waals surface area contributed by atoms with Gasteiger partial charge in [-0.2, -0.15) is 0 Å². The van der Waals surface area contributed by atoms with Crippen molar-refractivity contribution in [3.05, 3.63) is 28.7 Å². The molecule has 1 aromatic carbocycles. The molecule has 0 aliphatic carbocycles. The number of rotatable bonds is 4. The third-order valence-corrected chi connectivity index (χ3v) is 3.91. The molecular weight excluding hydrogens is 330 g/mol. The van der Waals surface area contributed by atoms with E-state index in [4.69, 9.17) is 5.73 Å². The van der Waals surface area contributed by atoms with Gasteiger partial charge in [0.2, 0.25) is 5.91 Å². The number of para-hydroxylation sites is 1. The maximum Gasteiger partial charge on any atom is 0.238 e. The van der Waals surface area contributed by atoms with Crippen LogP contribution < -0.4 is 11.1 Å². The second kappa shape index (κ2) is 7.85. The third kappa shape index (κ3) is 4.76. The van der Waals surface area contributed by atoms with Crippen LogP contribution in [0.3, 0.4) is 0 Å². The molecule has 1 heterocycles. The van der Waals surface area contributed by atoms with Gasteiger partial charge in [0.1, 0.15) is 0 Å². The molecule has 1 fully saturated rings. The number of benzene rings is 1. The summed E-state index contributed by atoms with van der Waals surface area (Å²) in [6.07, 6.45) is 1.10. The van der Waals surface area contributed by atoms with Crippen LogP contribution in [0.4, 0.5) is 5.69 Å². The number of nitrogens with one attached hydrogen (secondary N) is 1. The first kappa shape index (κ1) is 16.4. The van der Waals surface area contributed by atoms with E-state index >= 15 is 0 Å². The minimum absolute atomic E-state index is 0. The Kier molecular flexibility index (Phi) is 6.79. The third-order valence-electron chi connectivity index (χ3n) is 3.22. The van der Waals surface area contributed by atoms with Gasteiger partial charge in [0.15, 0.2) is 0 Å². The number of hydrogen-bond donors (Lipinski definition) is 2. The smallest absolute Gasteiger partial charge is 0.238 e. The number of amides is 1. The fraction of sp³-hybridized carbons (Fsp3) is 0.462. The van der Waals surface area contributed by atoms with E-state index in [-0.39, 0.29) is 18.3 Å². The Morgan fingerprint density at radius 2 is 2.21 bits per heavy atom. The van der Waals surface area contributed by atoms with E-state index in [1.807, 2.05) is 24.3 Å². The molecule has 1 atom stereocenters. The summed E-state index contributed by atoms with van der Waals surface area (Å²) in [4.78, 5) is 14.1. The summed E-state index contributed by atoms with van der Waals surface area (Å²) in [6, 6.07) is 7.62. The number of likely N-dealkylation sites (tertiary alicyclic amines) is 1. The highest BCUT2D eigenvalue weighted by Crippen LogP contribution is 2.21. The fourth-order valence-electron chi connectivity index (χ4n) is 2.20. The van der Waals surface area contributed by atoms with Crippen LogP contribution >= 0.6 is 28.3 Å². The summed E-state index contributed by atoms with van der Waals surface area (Å²) in [6.45, 7) is 3.05. The molecule has 1 unspecified atom stereocenters. The van der Waals surface area contributed by atoms with Crippen molar-refractivity contribution in [1.82, 2.24) is 4.90 Å². The molecular formula is C13H19BrClN3O. The SMILES string of the molecule is Cl.NCC1CCN(CC(=O)Nc2ccccc2Br)C1. The molecule has 2 rings (SSSR count). The van der Waals surface area contributed by atoms with Gasteiger partial charge in [0, 0.05) is 11.0 Å². The lowest BCUT2D eigenvalue weighted by atomic mass is 10.1. The molecule has 3 N–H and O–H groups in total. The summed E-state index contributed by atoms with van der Waals surface area (Å²) < 4.78 is 0.902. The number of halogens is 2. The van der Waals surface area contributed by atoms with E-state index in [9.17, 15) is 4.79 Å². The Hall–Kier alpha value is -0.620. The van der Waals surface area contributed by atoms with Gasteiger partial charge in [-0.3, -0.25) is 9.69 Å². The first-order valence-electron chi connectivity index (χ1n) is 6.16. The van der Waals surface area contributed by atoms with Gasteiger partial charge in [-0.1, -0.05) is 12.1 Å². The Balaban J connectivity index is 0.00000180. The van der Waals surface area contributed by atoms with Gasteiger partial charge in [-0.05, 0) is 53.5 Å². The monoisotopic (exact) mass is 347 g/mol. The highest BCUT2D eigenvalue weighted by Gasteiger charge is 2.22. The van der Waals surface area contributed by atoms with Crippen LogP contribution in [0, 0.1) is 5.92 Å². The number of carbonyl (C=O) groups excluding carboxylic acids is 1. The van der Waals surface area contributed by atoms with Crippen molar-refractivity contribution in [3.63, 3.8) is 0 Å². The van der Waals surface area contributed by atoms with Crippen molar-refractivity contribution in [2.24, 2.45) is 11.7 Å².